The molecule has 0 atom stereocenters. The van der Waals surface area contributed by atoms with Gasteiger partial charge < -0.3 is 4.90 Å². The number of nitriles is 1. The third kappa shape index (κ3) is 4.99. The van der Waals surface area contributed by atoms with Gasteiger partial charge in [0.25, 0.3) is 0 Å². The minimum absolute atomic E-state index is 0.380. The SMILES string of the molecule is CCN(CCC#N)CC(CC)(CC)CBr. The normalized spacial score (nSPS) is 11.7. The van der Waals surface area contributed by atoms with Crippen molar-refractivity contribution in [3.05, 3.63) is 0 Å². The highest BCUT2D eigenvalue weighted by molar-refractivity contribution is 9.09. The van der Waals surface area contributed by atoms with E-state index in [0.29, 0.717) is 11.8 Å². The van der Waals surface area contributed by atoms with Gasteiger partial charge in [-0.3, -0.25) is 0 Å². The van der Waals surface area contributed by atoms with Crippen molar-refractivity contribution >= 4 is 15.9 Å². The van der Waals surface area contributed by atoms with E-state index in [4.69, 9.17) is 5.26 Å². The molecular formula is C12H23BrN2. The number of nitrogens with zero attached hydrogens (tertiary/aromatic N) is 2. The highest BCUT2D eigenvalue weighted by Crippen LogP contribution is 2.29. The molecule has 0 aromatic carbocycles. The van der Waals surface area contributed by atoms with E-state index >= 15 is 0 Å². The van der Waals surface area contributed by atoms with Crippen LogP contribution in [0.2, 0.25) is 0 Å². The first-order chi connectivity index (χ1) is 7.17. The first-order valence-electron chi connectivity index (χ1n) is 5.83. The summed E-state index contributed by atoms with van der Waals surface area (Å²) in [6.45, 7) is 9.72. The molecule has 0 spiro atoms. The quantitative estimate of drug-likeness (QED) is 0.635. The smallest absolute Gasteiger partial charge is 0.0635 e. The van der Waals surface area contributed by atoms with Crippen LogP contribution < -0.4 is 0 Å². The zero-order chi connectivity index (χ0) is 11.7. The van der Waals surface area contributed by atoms with E-state index in [1.54, 1.807) is 0 Å². The average Bonchev–Trinajstić information content (AvgIpc) is 2.30. The molecule has 88 valence electrons. The number of halogens is 1. The maximum absolute atomic E-state index is 8.59. The highest BCUT2D eigenvalue weighted by Gasteiger charge is 2.26. The van der Waals surface area contributed by atoms with E-state index in [1.165, 1.54) is 12.8 Å². The summed E-state index contributed by atoms with van der Waals surface area (Å²) in [4.78, 5) is 2.39. The minimum atomic E-state index is 0.380. The Balaban J connectivity index is 4.28. The molecule has 0 aliphatic rings. The molecule has 2 nitrogen and oxygen atoms in total. The van der Waals surface area contributed by atoms with Gasteiger partial charge in [0.2, 0.25) is 0 Å². The molecule has 0 saturated heterocycles. The lowest BCUT2D eigenvalue weighted by Gasteiger charge is -2.35. The molecule has 0 saturated carbocycles. The van der Waals surface area contributed by atoms with Crippen LogP contribution in [0.1, 0.15) is 40.0 Å². The Morgan fingerprint density at radius 3 is 2.20 bits per heavy atom. The van der Waals surface area contributed by atoms with Crippen LogP contribution in [0, 0.1) is 16.7 Å². The van der Waals surface area contributed by atoms with Crippen molar-refractivity contribution in [1.29, 1.82) is 5.26 Å². The molecule has 0 aromatic heterocycles. The van der Waals surface area contributed by atoms with Crippen LogP contribution in [-0.2, 0) is 0 Å². The molecule has 0 aromatic rings. The first kappa shape index (κ1) is 14.9. The van der Waals surface area contributed by atoms with Gasteiger partial charge in [0.1, 0.15) is 0 Å². The second-order valence-corrected chi connectivity index (χ2v) is 4.68. The molecule has 0 rings (SSSR count). The largest absolute Gasteiger partial charge is 0.302 e. The van der Waals surface area contributed by atoms with Crippen molar-refractivity contribution in [1.82, 2.24) is 4.90 Å². The molecule has 0 amide bonds. The Morgan fingerprint density at radius 2 is 1.87 bits per heavy atom. The average molecular weight is 275 g/mol. The molecule has 0 N–H and O–H groups in total. The fourth-order valence-corrected chi connectivity index (χ4v) is 2.71. The zero-order valence-corrected chi connectivity index (χ0v) is 11.8. The molecule has 0 fully saturated rings. The van der Waals surface area contributed by atoms with Gasteiger partial charge in [0.15, 0.2) is 0 Å². The summed E-state index contributed by atoms with van der Waals surface area (Å²) in [5, 5.41) is 9.65. The van der Waals surface area contributed by atoms with Crippen molar-refractivity contribution in [2.45, 2.75) is 40.0 Å². The van der Waals surface area contributed by atoms with Crippen LogP contribution in [0.3, 0.4) is 0 Å². The van der Waals surface area contributed by atoms with Gasteiger partial charge in [-0.1, -0.05) is 36.7 Å². The zero-order valence-electron chi connectivity index (χ0n) is 10.2. The van der Waals surface area contributed by atoms with Crippen LogP contribution >= 0.6 is 15.9 Å². The van der Waals surface area contributed by atoms with Gasteiger partial charge in [-0.15, -0.1) is 0 Å². The molecule has 0 aliphatic heterocycles. The summed E-state index contributed by atoms with van der Waals surface area (Å²) < 4.78 is 0. The number of hydrogen-bond donors (Lipinski definition) is 0. The Kier molecular flexibility index (Phi) is 8.09. The van der Waals surface area contributed by atoms with Gasteiger partial charge in [0, 0.05) is 24.8 Å². The summed E-state index contributed by atoms with van der Waals surface area (Å²) in [5.41, 5.74) is 0.380. The maximum Gasteiger partial charge on any atom is 0.0635 e. The van der Waals surface area contributed by atoms with Gasteiger partial charge in [-0.25, -0.2) is 0 Å². The van der Waals surface area contributed by atoms with Gasteiger partial charge >= 0.3 is 0 Å². The molecule has 0 bridgehead atoms. The lowest BCUT2D eigenvalue weighted by atomic mass is 9.84. The van der Waals surface area contributed by atoms with Crippen LogP contribution in [0.5, 0.6) is 0 Å². The maximum atomic E-state index is 8.59. The summed E-state index contributed by atoms with van der Waals surface area (Å²) >= 11 is 3.63. The van der Waals surface area contributed by atoms with Gasteiger partial charge in [0.05, 0.1) is 6.07 Å². The summed E-state index contributed by atoms with van der Waals surface area (Å²) in [6.07, 6.45) is 3.02. The molecule has 15 heavy (non-hydrogen) atoms. The van der Waals surface area contributed by atoms with Crippen LogP contribution in [-0.4, -0.2) is 29.9 Å². The topological polar surface area (TPSA) is 27.0 Å². The Hall–Kier alpha value is -0.0700. The number of alkyl halides is 1. The van der Waals surface area contributed by atoms with Crippen molar-refractivity contribution in [3.63, 3.8) is 0 Å². The molecule has 3 heteroatoms. The summed E-state index contributed by atoms with van der Waals surface area (Å²) in [7, 11) is 0. The van der Waals surface area contributed by atoms with Crippen molar-refractivity contribution in [2.75, 3.05) is 25.0 Å². The molecule has 0 aliphatic carbocycles. The lowest BCUT2D eigenvalue weighted by molar-refractivity contribution is 0.167. The number of hydrogen-bond acceptors (Lipinski definition) is 2. The number of rotatable bonds is 8. The van der Waals surface area contributed by atoms with E-state index in [-0.39, 0.29) is 0 Å². The van der Waals surface area contributed by atoms with E-state index in [1.807, 2.05) is 0 Å². The van der Waals surface area contributed by atoms with E-state index in [9.17, 15) is 0 Å². The predicted octanol–water partition coefficient (Wildman–Crippen LogP) is 3.42. The van der Waals surface area contributed by atoms with Gasteiger partial charge in [-0.05, 0) is 24.8 Å². The molecule has 0 radical (unpaired) electrons. The molecular weight excluding hydrogens is 252 g/mol. The second-order valence-electron chi connectivity index (χ2n) is 4.12. The lowest BCUT2D eigenvalue weighted by Crippen LogP contribution is -2.38. The Bertz CT molecular complexity index is 186. The van der Waals surface area contributed by atoms with Crippen LogP contribution in [0.4, 0.5) is 0 Å². The van der Waals surface area contributed by atoms with Crippen LogP contribution in [0.25, 0.3) is 0 Å². The van der Waals surface area contributed by atoms with E-state index in [2.05, 4.69) is 47.7 Å². The fraction of sp³-hybridized carbons (Fsp3) is 0.917. The van der Waals surface area contributed by atoms with E-state index in [0.717, 1.165) is 25.0 Å². The van der Waals surface area contributed by atoms with Crippen LogP contribution in [0.15, 0.2) is 0 Å². The van der Waals surface area contributed by atoms with Crippen molar-refractivity contribution < 1.29 is 0 Å². The third-order valence-corrected chi connectivity index (χ3v) is 4.52. The first-order valence-corrected chi connectivity index (χ1v) is 6.95. The highest BCUT2D eigenvalue weighted by atomic mass is 79.9. The third-order valence-electron chi connectivity index (χ3n) is 3.33. The Morgan fingerprint density at radius 1 is 1.27 bits per heavy atom. The standard InChI is InChI=1S/C12H23BrN2/c1-4-12(5-2,10-13)11-15(6-3)9-7-8-14/h4-7,9-11H2,1-3H3. The van der Waals surface area contributed by atoms with Gasteiger partial charge in [-0.2, -0.15) is 5.26 Å². The predicted molar refractivity (Wildman–Crippen MR) is 69.2 cm³/mol. The van der Waals surface area contributed by atoms with Crippen molar-refractivity contribution in [2.24, 2.45) is 5.41 Å². The molecule has 0 unspecified atom stereocenters. The Labute approximate surface area is 103 Å². The van der Waals surface area contributed by atoms with E-state index < -0.39 is 0 Å². The summed E-state index contributed by atoms with van der Waals surface area (Å²) in [5.74, 6) is 0. The minimum Gasteiger partial charge on any atom is -0.302 e. The monoisotopic (exact) mass is 274 g/mol. The summed E-state index contributed by atoms with van der Waals surface area (Å²) in [6, 6.07) is 2.22. The van der Waals surface area contributed by atoms with Crippen molar-refractivity contribution in [3.8, 4) is 6.07 Å². The second kappa shape index (κ2) is 8.13. The molecule has 0 heterocycles. The fourth-order valence-electron chi connectivity index (χ4n) is 1.74.